The van der Waals surface area contributed by atoms with E-state index in [-0.39, 0.29) is 0 Å². The Kier molecular flexibility index (Phi) is 3.38. The Morgan fingerprint density at radius 3 is 1.12 bits per heavy atom. The molecule has 0 spiro atoms. The van der Waals surface area contributed by atoms with E-state index >= 15 is 0 Å². The molecule has 0 unspecified atom stereocenters. The number of halogens is 4. The van der Waals surface area contributed by atoms with Crippen molar-refractivity contribution in [3.63, 3.8) is 0 Å². The second-order valence-corrected chi connectivity index (χ2v) is 2.84. The standard InChI is InChI=1S/C2H4O.F4Ge/c1-2-3-1;1-5(2,3)4/h1-2H2;. The minimum absolute atomic E-state index is 1.00. The van der Waals surface area contributed by atoms with E-state index in [4.69, 9.17) is 0 Å². The minimum atomic E-state index is -7.00. The first-order chi connectivity index (χ1) is 3.50. The SMILES string of the molecule is C1CO1.[F][Ge]([F])([F])[F]. The first kappa shape index (κ1) is 8.22. The van der Waals surface area contributed by atoms with Crippen LogP contribution in [-0.4, -0.2) is 28.3 Å². The molecule has 1 nitrogen and oxygen atoms in total. The monoisotopic (exact) mass is 194 g/mol. The van der Waals surface area contributed by atoms with E-state index in [9.17, 15) is 14.0 Å². The third kappa shape index (κ3) is 114. The van der Waals surface area contributed by atoms with E-state index in [0.717, 1.165) is 13.2 Å². The zero-order valence-electron chi connectivity index (χ0n) is 3.83. The number of hydrogen-bond acceptors (Lipinski definition) is 1. The maximum atomic E-state index is 9.88. The van der Waals surface area contributed by atoms with Gasteiger partial charge in [-0.3, -0.25) is 0 Å². The van der Waals surface area contributed by atoms with Crippen LogP contribution in [0.25, 0.3) is 0 Å². The average Bonchev–Trinajstić information content (AvgIpc) is 1.95. The van der Waals surface area contributed by atoms with Crippen molar-refractivity contribution in [2.24, 2.45) is 0 Å². The van der Waals surface area contributed by atoms with Crippen molar-refractivity contribution < 1.29 is 18.7 Å². The Morgan fingerprint density at radius 1 is 1.00 bits per heavy atom. The summed E-state index contributed by atoms with van der Waals surface area (Å²) < 4.78 is 44.0. The van der Waals surface area contributed by atoms with E-state index in [2.05, 4.69) is 4.74 Å². The summed E-state index contributed by atoms with van der Waals surface area (Å²) in [5.41, 5.74) is 0. The molecule has 0 radical (unpaired) electrons. The van der Waals surface area contributed by atoms with E-state index < -0.39 is 15.1 Å². The molecule has 1 aliphatic heterocycles. The first-order valence-electron chi connectivity index (χ1n) is 1.83. The summed E-state index contributed by atoms with van der Waals surface area (Å²) in [5, 5.41) is 0. The van der Waals surface area contributed by atoms with Gasteiger partial charge in [0.1, 0.15) is 0 Å². The Hall–Kier alpha value is 0.223. The molecule has 0 N–H and O–H groups in total. The zero-order chi connectivity index (χ0) is 6.62. The van der Waals surface area contributed by atoms with Crippen LogP contribution in [0, 0.1) is 0 Å². The topological polar surface area (TPSA) is 12.5 Å². The van der Waals surface area contributed by atoms with Crippen LogP contribution in [-0.2, 0) is 4.74 Å². The predicted octanol–water partition coefficient (Wildman–Crippen LogP) is 1.32. The molecule has 6 heteroatoms. The fraction of sp³-hybridized carbons (Fsp3) is 1.00. The van der Waals surface area contributed by atoms with Gasteiger partial charge in [0, 0.05) is 0 Å². The summed E-state index contributed by atoms with van der Waals surface area (Å²) in [5.74, 6) is 0. The molecule has 8 heavy (non-hydrogen) atoms. The first-order valence-corrected chi connectivity index (χ1v) is 5.01. The summed E-state index contributed by atoms with van der Waals surface area (Å²) in [4.78, 5) is 0. The predicted molar refractivity (Wildman–Crippen MR) is 21.0 cm³/mol. The van der Waals surface area contributed by atoms with Crippen molar-refractivity contribution in [1.82, 2.24) is 0 Å². The van der Waals surface area contributed by atoms with E-state index in [1.54, 1.807) is 0 Å². The molecule has 0 bridgehead atoms. The van der Waals surface area contributed by atoms with Crippen LogP contribution in [0.15, 0.2) is 0 Å². The van der Waals surface area contributed by atoms with Gasteiger partial charge < -0.3 is 4.74 Å². The van der Waals surface area contributed by atoms with Crippen LogP contribution in [0.1, 0.15) is 0 Å². The van der Waals surface area contributed by atoms with Gasteiger partial charge in [-0.05, 0) is 0 Å². The fourth-order valence-corrected chi connectivity index (χ4v) is 0. The van der Waals surface area contributed by atoms with E-state index in [0.29, 0.717) is 0 Å². The number of epoxide rings is 1. The molecular formula is C2H4F4GeO. The Balaban J connectivity index is 0.000000135. The van der Waals surface area contributed by atoms with Gasteiger partial charge in [-0.2, -0.15) is 0 Å². The second-order valence-electron chi connectivity index (χ2n) is 1.04. The van der Waals surface area contributed by atoms with Crippen LogP contribution < -0.4 is 0 Å². The molecule has 0 aromatic heterocycles. The second kappa shape index (κ2) is 3.29. The van der Waals surface area contributed by atoms with Crippen LogP contribution in [0.2, 0.25) is 0 Å². The molecule has 0 amide bonds. The molecular weight excluding hydrogens is 189 g/mol. The molecule has 1 fully saturated rings. The number of rotatable bonds is 0. The molecule has 0 atom stereocenters. The summed E-state index contributed by atoms with van der Waals surface area (Å²) in [6, 6.07) is 0. The molecule has 1 rings (SSSR count). The van der Waals surface area contributed by atoms with Crippen molar-refractivity contribution in [2.45, 2.75) is 0 Å². The van der Waals surface area contributed by atoms with Crippen molar-refractivity contribution in [1.29, 1.82) is 0 Å². The van der Waals surface area contributed by atoms with Crippen molar-refractivity contribution >= 4 is 15.1 Å². The van der Waals surface area contributed by atoms with Crippen LogP contribution in [0.4, 0.5) is 14.0 Å². The van der Waals surface area contributed by atoms with Gasteiger partial charge in [-0.1, -0.05) is 0 Å². The van der Waals surface area contributed by atoms with Crippen LogP contribution >= 0.6 is 0 Å². The molecule has 0 aromatic rings. The Bertz CT molecular complexity index is 50.8. The third-order valence-corrected chi connectivity index (χ3v) is 0.204. The third-order valence-electron chi connectivity index (χ3n) is 0.204. The van der Waals surface area contributed by atoms with Crippen LogP contribution in [0.3, 0.4) is 0 Å². The maximum absolute atomic E-state index is 9.88. The molecule has 0 saturated carbocycles. The molecule has 50 valence electrons. The van der Waals surface area contributed by atoms with E-state index in [1.165, 1.54) is 0 Å². The normalized spacial score (nSPS) is 16.5. The summed E-state index contributed by atoms with van der Waals surface area (Å²) in [6.07, 6.45) is 0. The zero-order valence-corrected chi connectivity index (χ0v) is 5.93. The quantitative estimate of drug-likeness (QED) is 0.320. The Morgan fingerprint density at radius 2 is 1.12 bits per heavy atom. The van der Waals surface area contributed by atoms with Crippen molar-refractivity contribution in [3.05, 3.63) is 0 Å². The van der Waals surface area contributed by atoms with Gasteiger partial charge >= 0.3 is 29.1 Å². The van der Waals surface area contributed by atoms with Gasteiger partial charge in [0.05, 0.1) is 13.2 Å². The molecule has 1 aliphatic rings. The molecule has 0 aliphatic carbocycles. The van der Waals surface area contributed by atoms with Crippen molar-refractivity contribution in [3.8, 4) is 0 Å². The van der Waals surface area contributed by atoms with Gasteiger partial charge in [0.2, 0.25) is 0 Å². The Labute approximate surface area is 47.9 Å². The van der Waals surface area contributed by atoms with Gasteiger partial charge in [-0.15, -0.1) is 0 Å². The van der Waals surface area contributed by atoms with E-state index in [1.807, 2.05) is 0 Å². The molecule has 1 heterocycles. The van der Waals surface area contributed by atoms with Gasteiger partial charge in [0.15, 0.2) is 0 Å². The van der Waals surface area contributed by atoms with Gasteiger partial charge in [0.25, 0.3) is 0 Å². The number of hydrogen-bond donors (Lipinski definition) is 0. The molecule has 0 aromatic carbocycles. The number of ether oxygens (including phenoxy) is 1. The van der Waals surface area contributed by atoms with Crippen LogP contribution in [0.5, 0.6) is 0 Å². The van der Waals surface area contributed by atoms with Crippen molar-refractivity contribution in [2.75, 3.05) is 13.2 Å². The molecule has 1 saturated heterocycles. The summed E-state index contributed by atoms with van der Waals surface area (Å²) >= 11 is -7.00. The average molecular weight is 193 g/mol. The van der Waals surface area contributed by atoms with Gasteiger partial charge in [-0.25, -0.2) is 0 Å². The summed E-state index contributed by atoms with van der Waals surface area (Å²) in [6.45, 7) is 2.00. The summed E-state index contributed by atoms with van der Waals surface area (Å²) in [7, 11) is 0. The fourth-order valence-electron chi connectivity index (χ4n) is 0.